The number of nitrogens with one attached hydrogen (secondary N) is 1. The summed E-state index contributed by atoms with van der Waals surface area (Å²) in [5.41, 5.74) is 1.90. The van der Waals surface area contributed by atoms with Gasteiger partial charge in [0.05, 0.1) is 11.7 Å². The second-order valence-corrected chi connectivity index (χ2v) is 8.05. The smallest absolute Gasteiger partial charge is 0.125 e. The number of aromatic nitrogens is 2. The summed E-state index contributed by atoms with van der Waals surface area (Å²) in [5.74, 6) is 4.31. The van der Waals surface area contributed by atoms with E-state index in [-0.39, 0.29) is 0 Å². The topological polar surface area (TPSA) is 29.9 Å². The van der Waals surface area contributed by atoms with Crippen molar-refractivity contribution in [2.45, 2.75) is 63.5 Å². The molecule has 1 unspecified atom stereocenters. The SMILES string of the molecule is CC1NCCn2cc(C34CC5CC(CC(C5)C3)C4)nc21. The maximum absolute atomic E-state index is 5.12. The molecule has 3 nitrogen and oxygen atoms in total. The summed E-state index contributed by atoms with van der Waals surface area (Å²) in [6.45, 7) is 4.44. The van der Waals surface area contributed by atoms with E-state index in [4.69, 9.17) is 4.98 Å². The summed E-state index contributed by atoms with van der Waals surface area (Å²) in [5, 5.41) is 3.54. The zero-order chi connectivity index (χ0) is 13.3. The van der Waals surface area contributed by atoms with Gasteiger partial charge in [-0.25, -0.2) is 4.98 Å². The zero-order valence-corrected chi connectivity index (χ0v) is 12.4. The van der Waals surface area contributed by atoms with Crippen molar-refractivity contribution < 1.29 is 0 Å². The van der Waals surface area contributed by atoms with Crippen LogP contribution in [-0.2, 0) is 12.0 Å². The van der Waals surface area contributed by atoms with Crippen molar-refractivity contribution >= 4 is 0 Å². The maximum Gasteiger partial charge on any atom is 0.125 e. The quantitative estimate of drug-likeness (QED) is 0.851. The van der Waals surface area contributed by atoms with Crippen LogP contribution >= 0.6 is 0 Å². The molecule has 0 spiro atoms. The molecule has 3 heteroatoms. The van der Waals surface area contributed by atoms with Gasteiger partial charge in [-0.3, -0.25) is 0 Å². The van der Waals surface area contributed by atoms with Crippen LogP contribution in [-0.4, -0.2) is 16.1 Å². The Morgan fingerprint density at radius 1 is 1.15 bits per heavy atom. The van der Waals surface area contributed by atoms with Crippen LogP contribution in [0.25, 0.3) is 0 Å². The summed E-state index contributed by atoms with van der Waals surface area (Å²) in [6.07, 6.45) is 11.3. The number of rotatable bonds is 1. The number of imidazole rings is 1. The third-order valence-electron chi connectivity index (χ3n) is 6.58. The second kappa shape index (κ2) is 3.88. The number of nitrogens with zero attached hydrogens (tertiary/aromatic N) is 2. The normalized spacial score (nSPS) is 45.6. The molecule has 4 aliphatic carbocycles. The Hall–Kier alpha value is -0.830. The van der Waals surface area contributed by atoms with Gasteiger partial charge < -0.3 is 9.88 Å². The van der Waals surface area contributed by atoms with E-state index in [1.54, 1.807) is 0 Å². The van der Waals surface area contributed by atoms with Crippen molar-refractivity contribution in [2.75, 3.05) is 6.54 Å². The fourth-order valence-electron chi connectivity index (χ4n) is 6.13. The molecule has 4 bridgehead atoms. The molecule has 0 saturated heterocycles. The van der Waals surface area contributed by atoms with E-state index in [1.807, 2.05) is 0 Å². The molecule has 0 radical (unpaired) electrons. The molecule has 2 heterocycles. The van der Waals surface area contributed by atoms with Crippen LogP contribution in [0, 0.1) is 17.8 Å². The van der Waals surface area contributed by atoms with Gasteiger partial charge in [-0.2, -0.15) is 0 Å². The second-order valence-electron chi connectivity index (χ2n) is 8.05. The van der Waals surface area contributed by atoms with E-state index >= 15 is 0 Å². The summed E-state index contributed by atoms with van der Waals surface area (Å²) < 4.78 is 2.43. The summed E-state index contributed by atoms with van der Waals surface area (Å²) in [7, 11) is 0. The number of hydrogen-bond acceptors (Lipinski definition) is 2. The fraction of sp³-hybridized carbons (Fsp3) is 0.824. The summed E-state index contributed by atoms with van der Waals surface area (Å²) in [6, 6.07) is 0.423. The molecule has 1 aliphatic heterocycles. The van der Waals surface area contributed by atoms with Gasteiger partial charge in [0, 0.05) is 24.7 Å². The maximum atomic E-state index is 5.12. The molecule has 0 aromatic carbocycles. The number of fused-ring (bicyclic) bond motifs is 1. The first-order valence-electron chi connectivity index (χ1n) is 8.53. The molecule has 20 heavy (non-hydrogen) atoms. The molecule has 108 valence electrons. The van der Waals surface area contributed by atoms with Crippen molar-refractivity contribution in [2.24, 2.45) is 17.8 Å². The van der Waals surface area contributed by atoms with Crippen LogP contribution < -0.4 is 5.32 Å². The monoisotopic (exact) mass is 271 g/mol. The highest BCUT2D eigenvalue weighted by Crippen LogP contribution is 2.60. The lowest BCUT2D eigenvalue weighted by Gasteiger charge is -2.56. The van der Waals surface area contributed by atoms with E-state index < -0.39 is 0 Å². The van der Waals surface area contributed by atoms with Crippen molar-refractivity contribution in [3.8, 4) is 0 Å². The highest BCUT2D eigenvalue weighted by molar-refractivity contribution is 5.24. The predicted octanol–water partition coefficient (Wildman–Crippen LogP) is 3.02. The molecule has 1 N–H and O–H groups in total. The largest absolute Gasteiger partial charge is 0.332 e. The average Bonchev–Trinajstić information content (AvgIpc) is 2.83. The first kappa shape index (κ1) is 11.8. The molecule has 4 fully saturated rings. The summed E-state index contributed by atoms with van der Waals surface area (Å²) >= 11 is 0. The third kappa shape index (κ3) is 1.53. The van der Waals surface area contributed by atoms with Crippen molar-refractivity contribution in [3.05, 3.63) is 17.7 Å². The highest BCUT2D eigenvalue weighted by Gasteiger charge is 2.52. The van der Waals surface area contributed by atoms with Gasteiger partial charge in [0.15, 0.2) is 0 Å². The van der Waals surface area contributed by atoms with E-state index in [0.29, 0.717) is 11.5 Å². The van der Waals surface area contributed by atoms with Crippen LogP contribution in [0.3, 0.4) is 0 Å². The molecule has 4 saturated carbocycles. The van der Waals surface area contributed by atoms with Gasteiger partial charge in [0.25, 0.3) is 0 Å². The fourth-order valence-corrected chi connectivity index (χ4v) is 6.13. The Bertz CT molecular complexity index is 509. The van der Waals surface area contributed by atoms with E-state index in [2.05, 4.69) is 23.0 Å². The minimum absolute atomic E-state index is 0.423. The molecule has 5 aliphatic rings. The zero-order valence-electron chi connectivity index (χ0n) is 12.4. The molecule has 1 atom stereocenters. The average molecular weight is 271 g/mol. The lowest BCUT2D eigenvalue weighted by Crippen LogP contribution is -2.48. The first-order valence-corrected chi connectivity index (χ1v) is 8.53. The number of hydrogen-bond donors (Lipinski definition) is 1. The van der Waals surface area contributed by atoms with Crippen LogP contribution in [0.5, 0.6) is 0 Å². The molecule has 1 aromatic rings. The Kier molecular flexibility index (Phi) is 2.29. The lowest BCUT2D eigenvalue weighted by atomic mass is 9.49. The highest BCUT2D eigenvalue weighted by atomic mass is 15.2. The van der Waals surface area contributed by atoms with Crippen LogP contribution in [0.1, 0.15) is 63.0 Å². The van der Waals surface area contributed by atoms with Crippen LogP contribution in [0.4, 0.5) is 0 Å². The van der Waals surface area contributed by atoms with E-state index in [1.165, 1.54) is 50.0 Å². The minimum Gasteiger partial charge on any atom is -0.332 e. The Morgan fingerprint density at radius 2 is 1.80 bits per heavy atom. The van der Waals surface area contributed by atoms with E-state index in [0.717, 1.165) is 30.8 Å². The molecule has 0 amide bonds. The van der Waals surface area contributed by atoms with Gasteiger partial charge >= 0.3 is 0 Å². The van der Waals surface area contributed by atoms with Crippen LogP contribution in [0.15, 0.2) is 6.20 Å². The summed E-state index contributed by atoms with van der Waals surface area (Å²) in [4.78, 5) is 5.12. The van der Waals surface area contributed by atoms with Gasteiger partial charge in [0.2, 0.25) is 0 Å². The van der Waals surface area contributed by atoms with Crippen LogP contribution in [0.2, 0.25) is 0 Å². The standard InChI is InChI=1S/C17H25N3/c1-11-16-19-15(10-20(16)3-2-18-11)17-7-12-4-13(8-17)6-14(5-12)9-17/h10-14,18H,2-9H2,1H3. The molecular weight excluding hydrogens is 246 g/mol. The van der Waals surface area contributed by atoms with Gasteiger partial charge in [0.1, 0.15) is 5.82 Å². The van der Waals surface area contributed by atoms with Gasteiger partial charge in [-0.1, -0.05) is 0 Å². The molecular formula is C17H25N3. The first-order chi connectivity index (χ1) is 9.72. The van der Waals surface area contributed by atoms with Gasteiger partial charge in [-0.05, 0) is 63.2 Å². The Balaban J connectivity index is 1.56. The van der Waals surface area contributed by atoms with E-state index in [9.17, 15) is 0 Å². The lowest BCUT2D eigenvalue weighted by molar-refractivity contribution is -0.00710. The third-order valence-corrected chi connectivity index (χ3v) is 6.58. The minimum atomic E-state index is 0.423. The van der Waals surface area contributed by atoms with Gasteiger partial charge in [-0.15, -0.1) is 0 Å². The predicted molar refractivity (Wildman–Crippen MR) is 78.5 cm³/mol. The Morgan fingerprint density at radius 3 is 2.40 bits per heavy atom. The molecule has 1 aromatic heterocycles. The van der Waals surface area contributed by atoms with Crippen molar-refractivity contribution in [1.82, 2.24) is 14.9 Å². The van der Waals surface area contributed by atoms with Crippen molar-refractivity contribution in [1.29, 1.82) is 0 Å². The Labute approximate surface area is 121 Å². The van der Waals surface area contributed by atoms with Crippen molar-refractivity contribution in [3.63, 3.8) is 0 Å². The molecule has 6 rings (SSSR count).